The first-order valence-electron chi connectivity index (χ1n) is 9.46. The van der Waals surface area contributed by atoms with Crippen LogP contribution in [0.3, 0.4) is 0 Å². The number of rotatable bonds is 6. The average molecular weight is 408 g/mol. The lowest BCUT2D eigenvalue weighted by molar-refractivity contribution is -0.137. The van der Waals surface area contributed by atoms with E-state index in [0.717, 1.165) is 18.6 Å². The van der Waals surface area contributed by atoms with Crippen molar-refractivity contribution in [3.05, 3.63) is 53.6 Å². The predicted molar refractivity (Wildman–Crippen MR) is 105 cm³/mol. The molecule has 0 bridgehead atoms. The summed E-state index contributed by atoms with van der Waals surface area (Å²) in [6.45, 7) is 4.51. The minimum atomic E-state index is -4.50. The van der Waals surface area contributed by atoms with E-state index in [-0.39, 0.29) is 5.69 Å². The Morgan fingerprint density at radius 2 is 1.93 bits per heavy atom. The number of halogens is 3. The molecule has 5 nitrogen and oxygen atoms in total. The van der Waals surface area contributed by atoms with E-state index in [1.807, 2.05) is 11.8 Å². The van der Waals surface area contributed by atoms with Crippen LogP contribution in [0.15, 0.2) is 42.5 Å². The molecule has 1 heterocycles. The van der Waals surface area contributed by atoms with Crippen molar-refractivity contribution < 1.29 is 27.4 Å². The number of morpholine rings is 1. The number of carbonyl (C=O) groups excluding carboxylic acids is 1. The van der Waals surface area contributed by atoms with Gasteiger partial charge in [-0.1, -0.05) is 13.0 Å². The molecule has 1 aliphatic rings. The summed E-state index contributed by atoms with van der Waals surface area (Å²) < 4.78 is 50.5. The molecule has 0 aromatic heterocycles. The molecule has 1 fully saturated rings. The molecular weight excluding hydrogens is 385 g/mol. The lowest BCUT2D eigenvalue weighted by atomic mass is 10.1. The maximum atomic E-state index is 13.2. The highest BCUT2D eigenvalue weighted by Gasteiger charge is 2.32. The van der Waals surface area contributed by atoms with Crippen LogP contribution in [0.1, 0.15) is 29.3 Å². The molecule has 0 aliphatic carbocycles. The van der Waals surface area contributed by atoms with Crippen LogP contribution in [0.5, 0.6) is 5.75 Å². The van der Waals surface area contributed by atoms with E-state index >= 15 is 0 Å². The number of nitrogens with one attached hydrogen (secondary N) is 1. The SMILES string of the molecule is CCCOc1cccc(C(=O)Nc2cc(C(F)(F)F)ccc2N2CCOCC2)c1. The number of anilines is 2. The van der Waals surface area contributed by atoms with Crippen LogP contribution >= 0.6 is 0 Å². The molecular formula is C21H23F3N2O3. The Bertz CT molecular complexity index is 849. The van der Waals surface area contributed by atoms with Gasteiger partial charge in [-0.2, -0.15) is 13.2 Å². The van der Waals surface area contributed by atoms with E-state index < -0.39 is 17.6 Å². The van der Waals surface area contributed by atoms with E-state index in [1.165, 1.54) is 6.07 Å². The van der Waals surface area contributed by atoms with E-state index in [0.29, 0.717) is 49.9 Å². The molecule has 3 rings (SSSR count). The van der Waals surface area contributed by atoms with Gasteiger partial charge >= 0.3 is 6.18 Å². The van der Waals surface area contributed by atoms with Crippen molar-refractivity contribution in [3.8, 4) is 5.75 Å². The Balaban J connectivity index is 1.88. The highest BCUT2D eigenvalue weighted by Crippen LogP contribution is 2.36. The van der Waals surface area contributed by atoms with E-state index in [1.54, 1.807) is 24.3 Å². The summed E-state index contributed by atoms with van der Waals surface area (Å²) in [6.07, 6.45) is -3.68. The minimum absolute atomic E-state index is 0.117. The Kier molecular flexibility index (Phi) is 6.64. The van der Waals surface area contributed by atoms with Crippen LogP contribution in [0, 0.1) is 0 Å². The molecule has 1 amide bonds. The molecule has 1 aliphatic heterocycles. The van der Waals surface area contributed by atoms with Crippen molar-refractivity contribution in [2.24, 2.45) is 0 Å². The molecule has 8 heteroatoms. The fourth-order valence-corrected chi connectivity index (χ4v) is 3.03. The van der Waals surface area contributed by atoms with E-state index in [2.05, 4.69) is 5.32 Å². The van der Waals surface area contributed by atoms with Crippen LogP contribution in [0.2, 0.25) is 0 Å². The Morgan fingerprint density at radius 3 is 2.62 bits per heavy atom. The smallest absolute Gasteiger partial charge is 0.416 e. The number of alkyl halides is 3. The zero-order valence-electron chi connectivity index (χ0n) is 16.1. The van der Waals surface area contributed by atoms with Crippen molar-refractivity contribution in [1.29, 1.82) is 0 Å². The Hall–Kier alpha value is -2.74. The molecule has 0 spiro atoms. The number of benzene rings is 2. The molecule has 0 atom stereocenters. The highest BCUT2D eigenvalue weighted by atomic mass is 19.4. The first-order valence-corrected chi connectivity index (χ1v) is 9.46. The molecule has 1 saturated heterocycles. The predicted octanol–water partition coefficient (Wildman–Crippen LogP) is 4.58. The summed E-state index contributed by atoms with van der Waals surface area (Å²) in [5, 5.41) is 2.64. The topological polar surface area (TPSA) is 50.8 Å². The van der Waals surface area contributed by atoms with Gasteiger partial charge in [-0.3, -0.25) is 4.79 Å². The summed E-state index contributed by atoms with van der Waals surface area (Å²) in [5.74, 6) is 0.0396. The standard InChI is InChI=1S/C21H23F3N2O3/c1-2-10-29-17-5-3-4-15(13-17)20(27)25-18-14-16(21(22,23)24)6-7-19(18)26-8-11-28-12-9-26/h3-7,13-14H,2,8-12H2,1H3,(H,25,27). The molecule has 2 aromatic rings. The summed E-state index contributed by atoms with van der Waals surface area (Å²) >= 11 is 0. The maximum Gasteiger partial charge on any atom is 0.416 e. The number of nitrogens with zero attached hydrogens (tertiary/aromatic N) is 1. The first-order chi connectivity index (χ1) is 13.9. The fraction of sp³-hybridized carbons (Fsp3) is 0.381. The van der Waals surface area contributed by atoms with Gasteiger partial charge in [0.15, 0.2) is 0 Å². The lowest BCUT2D eigenvalue weighted by Crippen LogP contribution is -2.36. The summed E-state index contributed by atoms with van der Waals surface area (Å²) in [6, 6.07) is 9.97. The highest BCUT2D eigenvalue weighted by molar-refractivity contribution is 6.06. The molecule has 2 aromatic carbocycles. The van der Waals surface area contributed by atoms with Crippen LogP contribution < -0.4 is 15.0 Å². The fourth-order valence-electron chi connectivity index (χ4n) is 3.03. The number of hydrogen-bond acceptors (Lipinski definition) is 4. The third-order valence-electron chi connectivity index (χ3n) is 4.49. The zero-order valence-corrected chi connectivity index (χ0v) is 16.1. The van der Waals surface area contributed by atoms with Gasteiger partial charge in [-0.05, 0) is 42.8 Å². The van der Waals surface area contributed by atoms with Gasteiger partial charge in [-0.25, -0.2) is 0 Å². The van der Waals surface area contributed by atoms with Gasteiger partial charge in [0.25, 0.3) is 5.91 Å². The van der Waals surface area contributed by atoms with E-state index in [9.17, 15) is 18.0 Å². The number of ether oxygens (including phenoxy) is 2. The average Bonchev–Trinajstić information content (AvgIpc) is 2.72. The maximum absolute atomic E-state index is 13.2. The summed E-state index contributed by atoms with van der Waals surface area (Å²) in [5.41, 5.74) is 0.147. The molecule has 156 valence electrons. The normalized spacial score (nSPS) is 14.6. The van der Waals surface area contributed by atoms with Crippen LogP contribution in [0.25, 0.3) is 0 Å². The number of amides is 1. The van der Waals surface area contributed by atoms with Crippen LogP contribution in [-0.2, 0) is 10.9 Å². The summed E-state index contributed by atoms with van der Waals surface area (Å²) in [7, 11) is 0. The van der Waals surface area contributed by atoms with Gasteiger partial charge < -0.3 is 19.7 Å². The minimum Gasteiger partial charge on any atom is -0.494 e. The molecule has 0 saturated carbocycles. The molecule has 0 radical (unpaired) electrons. The Morgan fingerprint density at radius 1 is 1.17 bits per heavy atom. The third-order valence-corrected chi connectivity index (χ3v) is 4.49. The van der Waals surface area contributed by atoms with Crippen molar-refractivity contribution in [2.45, 2.75) is 19.5 Å². The third kappa shape index (κ3) is 5.41. The largest absolute Gasteiger partial charge is 0.494 e. The van der Waals surface area contributed by atoms with Gasteiger partial charge in [0, 0.05) is 18.7 Å². The van der Waals surface area contributed by atoms with Crippen LogP contribution in [0.4, 0.5) is 24.5 Å². The van der Waals surface area contributed by atoms with Gasteiger partial charge in [-0.15, -0.1) is 0 Å². The first kappa shape index (κ1) is 21.0. The monoisotopic (exact) mass is 408 g/mol. The quantitative estimate of drug-likeness (QED) is 0.760. The second-order valence-corrected chi connectivity index (χ2v) is 6.66. The molecule has 1 N–H and O–H groups in total. The van der Waals surface area contributed by atoms with Crippen molar-refractivity contribution in [2.75, 3.05) is 43.1 Å². The summed E-state index contributed by atoms with van der Waals surface area (Å²) in [4.78, 5) is 14.6. The second-order valence-electron chi connectivity index (χ2n) is 6.66. The second kappa shape index (κ2) is 9.17. The van der Waals surface area contributed by atoms with Crippen molar-refractivity contribution in [3.63, 3.8) is 0 Å². The molecule has 29 heavy (non-hydrogen) atoms. The van der Waals surface area contributed by atoms with Crippen molar-refractivity contribution >= 4 is 17.3 Å². The van der Waals surface area contributed by atoms with Crippen molar-refractivity contribution in [1.82, 2.24) is 0 Å². The van der Waals surface area contributed by atoms with Gasteiger partial charge in [0.05, 0.1) is 36.8 Å². The number of carbonyl (C=O) groups is 1. The van der Waals surface area contributed by atoms with Gasteiger partial charge in [0.2, 0.25) is 0 Å². The zero-order chi connectivity index (χ0) is 20.9. The van der Waals surface area contributed by atoms with Gasteiger partial charge in [0.1, 0.15) is 5.75 Å². The molecule has 0 unspecified atom stereocenters. The lowest BCUT2D eigenvalue weighted by Gasteiger charge is -2.31. The number of hydrogen-bond donors (Lipinski definition) is 1. The van der Waals surface area contributed by atoms with E-state index in [4.69, 9.17) is 9.47 Å². The Labute approximate surface area is 167 Å². The van der Waals surface area contributed by atoms with Crippen LogP contribution in [-0.4, -0.2) is 38.8 Å².